The van der Waals surface area contributed by atoms with E-state index in [-0.39, 0.29) is 46.8 Å². The lowest BCUT2D eigenvalue weighted by Crippen LogP contribution is -2.39. The van der Waals surface area contributed by atoms with Crippen molar-refractivity contribution in [2.45, 2.75) is 67.6 Å². The van der Waals surface area contributed by atoms with Crippen LogP contribution in [0.25, 0.3) is 11.2 Å². The van der Waals surface area contributed by atoms with Gasteiger partial charge in [0.05, 0.1) is 18.4 Å². The molecule has 0 aromatic carbocycles. The maximum absolute atomic E-state index is 14.9. The van der Waals surface area contributed by atoms with Gasteiger partial charge in [0, 0.05) is 17.5 Å². The van der Waals surface area contributed by atoms with Gasteiger partial charge in [0.1, 0.15) is 24.1 Å². The number of fused-ring (bicyclic) bond motifs is 2. The fourth-order valence-corrected chi connectivity index (χ4v) is 7.16. The van der Waals surface area contributed by atoms with Crippen LogP contribution in [0, 0.1) is 0 Å². The van der Waals surface area contributed by atoms with Crippen LogP contribution in [-0.4, -0.2) is 93.0 Å². The molecule has 0 bridgehead atoms. The molecule has 18 heteroatoms. The van der Waals surface area contributed by atoms with Crippen LogP contribution in [0.3, 0.4) is 0 Å². The third-order valence-electron chi connectivity index (χ3n) is 6.71. The first-order valence-corrected chi connectivity index (χ1v) is 14.5. The first-order chi connectivity index (χ1) is 18.1. The zero-order valence-electron chi connectivity index (χ0n) is 19.9. The predicted octanol–water partition coefficient (Wildman–Crippen LogP) is -1.68. The van der Waals surface area contributed by atoms with Crippen LogP contribution in [0.15, 0.2) is 17.1 Å². The predicted molar refractivity (Wildman–Crippen MR) is 133 cm³/mol. The van der Waals surface area contributed by atoms with E-state index in [0.29, 0.717) is 12.8 Å². The van der Waals surface area contributed by atoms with Crippen molar-refractivity contribution in [2.24, 2.45) is 4.40 Å². The number of nitrogens with zero attached hydrogens (tertiary/aromatic N) is 5. The number of rotatable bonds is 10. The Hall–Kier alpha value is -2.80. The number of halogens is 1. The topological polar surface area (TPSA) is 222 Å². The summed E-state index contributed by atoms with van der Waals surface area (Å²) in [5, 5.41) is 28.4. The number of nitrogens with two attached hydrogens (primary N) is 1. The van der Waals surface area contributed by atoms with Gasteiger partial charge < -0.3 is 31.3 Å². The number of hydrogen-bond acceptors (Lipinski definition) is 11. The van der Waals surface area contributed by atoms with Crippen molar-refractivity contribution in [3.63, 3.8) is 0 Å². The highest BCUT2D eigenvalue weighted by molar-refractivity contribution is 8.00. The highest BCUT2D eigenvalue weighted by atomic mass is 32.2. The molecule has 208 valence electrons. The van der Waals surface area contributed by atoms with E-state index < -0.39 is 47.3 Å². The maximum atomic E-state index is 14.9. The molecule has 15 nitrogen and oxygen atoms in total. The molecular formula is C20H27FN9O6S2-. The Balaban J connectivity index is 1.10. The quantitative estimate of drug-likeness (QED) is 0.0936. The fourth-order valence-electron chi connectivity index (χ4n) is 4.82. The third kappa shape index (κ3) is 5.49. The number of amides is 2. The van der Waals surface area contributed by atoms with Gasteiger partial charge in [-0.25, -0.2) is 24.1 Å². The van der Waals surface area contributed by atoms with E-state index in [1.807, 2.05) is 0 Å². The van der Waals surface area contributed by atoms with Gasteiger partial charge in [-0.15, -0.1) is 0 Å². The summed E-state index contributed by atoms with van der Waals surface area (Å²) in [6.07, 6.45) is -1.93. The van der Waals surface area contributed by atoms with E-state index >= 15 is 0 Å². The van der Waals surface area contributed by atoms with Crippen molar-refractivity contribution in [2.75, 3.05) is 18.0 Å². The Morgan fingerprint density at radius 1 is 1.37 bits per heavy atom. The van der Waals surface area contributed by atoms with E-state index in [1.54, 1.807) is 11.8 Å². The van der Waals surface area contributed by atoms with Crippen molar-refractivity contribution in [1.29, 1.82) is 0 Å². The molecule has 0 radical (unpaired) electrons. The van der Waals surface area contributed by atoms with Gasteiger partial charge in [-0.05, 0) is 25.2 Å². The molecule has 2 aromatic heterocycles. The number of nitrogen functional groups attached to an aromatic ring is 1. The smallest absolute Gasteiger partial charge is 0.318 e. The molecule has 3 fully saturated rings. The Morgan fingerprint density at radius 2 is 2.18 bits per heavy atom. The summed E-state index contributed by atoms with van der Waals surface area (Å²) in [7, 11) is -4.40. The number of imidazole rings is 1. The van der Waals surface area contributed by atoms with Crippen molar-refractivity contribution in [3.8, 4) is 0 Å². The first kappa shape index (κ1) is 26.8. The molecule has 6 N–H and O–H groups in total. The van der Waals surface area contributed by atoms with Gasteiger partial charge in [0.15, 0.2) is 23.9 Å². The summed E-state index contributed by atoms with van der Waals surface area (Å²) in [6.45, 7) is -0.512. The van der Waals surface area contributed by atoms with Crippen molar-refractivity contribution >= 4 is 50.9 Å². The second kappa shape index (κ2) is 10.8. The lowest BCUT2D eigenvalue weighted by atomic mass is 10.0. The highest BCUT2D eigenvalue weighted by Gasteiger charge is 2.46. The summed E-state index contributed by atoms with van der Waals surface area (Å²) >= 11 is 1.76. The summed E-state index contributed by atoms with van der Waals surface area (Å²) in [4.78, 5) is 23.3. The van der Waals surface area contributed by atoms with Gasteiger partial charge in [-0.3, -0.25) is 4.57 Å². The molecule has 0 spiro atoms. The van der Waals surface area contributed by atoms with Crippen molar-refractivity contribution < 1.29 is 32.6 Å². The molecule has 0 saturated carbocycles. The number of thioether (sulfide) groups is 1. The number of anilines is 1. The summed E-state index contributed by atoms with van der Waals surface area (Å²) in [5.74, 6) is 0.0998. The molecule has 5 heterocycles. The number of alkyl halides is 1. The summed E-state index contributed by atoms with van der Waals surface area (Å²) in [6, 6.07) is 0.01000. The van der Waals surface area contributed by atoms with Gasteiger partial charge in [0.25, 0.3) is 0 Å². The first-order valence-electron chi connectivity index (χ1n) is 12.0. The number of aliphatic hydroxyl groups excluding tert-OH is 1. The Bertz CT molecular complexity index is 1330. The SMILES string of the molecule is Nc1ncnc2c1ncn2[C@@H]1O[C@H](CNS(=O)(=O)/N=C(\[O-])CCCC[C@@H]2SC[C@@H]3NC(=O)N[C@@H]32)[C@@H](O)[C@H]1F. The van der Waals surface area contributed by atoms with E-state index in [2.05, 4.69) is 34.7 Å². The number of hydrogen-bond donors (Lipinski definition) is 5. The molecule has 0 aliphatic carbocycles. The Morgan fingerprint density at radius 3 is 3.00 bits per heavy atom. The number of carbonyl (C=O) groups excluding carboxylic acids is 1. The fraction of sp³-hybridized carbons (Fsp3) is 0.650. The molecule has 38 heavy (non-hydrogen) atoms. The van der Waals surface area contributed by atoms with Crippen LogP contribution < -0.4 is 26.2 Å². The number of aliphatic hydroxyl groups is 1. The van der Waals surface area contributed by atoms with E-state index in [4.69, 9.17) is 10.5 Å². The Kier molecular flexibility index (Phi) is 7.58. The van der Waals surface area contributed by atoms with Gasteiger partial charge in [0.2, 0.25) is 0 Å². The molecule has 7 atom stereocenters. The Labute approximate surface area is 221 Å². The molecule has 2 aromatic rings. The van der Waals surface area contributed by atoms with E-state index in [0.717, 1.165) is 12.2 Å². The number of nitrogens with one attached hydrogen (secondary N) is 3. The molecular weight excluding hydrogens is 545 g/mol. The minimum atomic E-state index is -4.40. The van der Waals surface area contributed by atoms with Crippen molar-refractivity contribution in [1.82, 2.24) is 34.9 Å². The van der Waals surface area contributed by atoms with Gasteiger partial charge >= 0.3 is 16.2 Å². The van der Waals surface area contributed by atoms with Gasteiger partial charge in [-0.1, -0.05) is 6.42 Å². The van der Waals surface area contributed by atoms with Crippen molar-refractivity contribution in [3.05, 3.63) is 12.7 Å². The zero-order chi connectivity index (χ0) is 27.0. The molecule has 3 aliphatic heterocycles. The van der Waals surface area contributed by atoms with Crippen LogP contribution in [0.2, 0.25) is 0 Å². The number of ether oxygens (including phenoxy) is 1. The van der Waals surface area contributed by atoms with E-state index in [9.17, 15) is 27.8 Å². The second-order valence-electron chi connectivity index (χ2n) is 9.26. The second-order valence-corrected chi connectivity index (χ2v) is 12.0. The lowest BCUT2D eigenvalue weighted by molar-refractivity contribution is -0.218. The van der Waals surface area contributed by atoms with Gasteiger partial charge in [-0.2, -0.15) is 29.3 Å². The maximum Gasteiger partial charge on any atom is 0.318 e. The number of aromatic nitrogens is 4. The summed E-state index contributed by atoms with van der Waals surface area (Å²) < 4.78 is 51.5. The van der Waals surface area contributed by atoms with Crippen LogP contribution in [0.5, 0.6) is 0 Å². The molecule has 5 rings (SSSR count). The number of urea groups is 1. The minimum Gasteiger partial charge on any atom is -0.861 e. The summed E-state index contributed by atoms with van der Waals surface area (Å²) in [5.41, 5.74) is 6.16. The van der Waals surface area contributed by atoms with Crippen LogP contribution in [0.4, 0.5) is 15.0 Å². The number of unbranched alkanes of at least 4 members (excludes halogenated alkanes) is 1. The average Bonchev–Trinajstić information content (AvgIpc) is 3.61. The average molecular weight is 573 g/mol. The lowest BCUT2D eigenvalue weighted by Gasteiger charge is -2.17. The molecule has 3 saturated heterocycles. The zero-order valence-corrected chi connectivity index (χ0v) is 21.6. The van der Waals surface area contributed by atoms with Crippen LogP contribution in [-0.2, 0) is 14.9 Å². The normalized spacial score (nSPS) is 31.5. The standard InChI is InChI=1S/C20H28FN9O6S2/c21-13-16(32)10(36-19(13)30-8-25-15-17(22)23-7-24-18(15)30)5-26-38(34,35)29-12(31)4-2-1-3-11-14-9(6-37-11)27-20(33)28-14/h7-11,13-14,16,19,26,32H,1-6H2,(H,29,31)(H2,22,23,24)(H2,27,28,33)/p-1/t9-,10+,11-,13+,14-,16+,19+/m0/s1. The molecule has 0 unspecified atom stereocenters. The van der Waals surface area contributed by atoms with E-state index in [1.165, 1.54) is 17.2 Å². The third-order valence-corrected chi connectivity index (χ3v) is 9.20. The highest BCUT2D eigenvalue weighted by Crippen LogP contribution is 2.34. The largest absolute Gasteiger partial charge is 0.861 e. The molecule has 3 aliphatic rings. The molecule has 2 amide bonds. The monoisotopic (exact) mass is 572 g/mol. The number of carbonyl (C=O) groups is 1. The van der Waals surface area contributed by atoms with Crippen LogP contribution >= 0.6 is 11.8 Å². The minimum absolute atomic E-state index is 0.0626. The van der Waals surface area contributed by atoms with Crippen LogP contribution in [0.1, 0.15) is 31.9 Å².